The number of fused-ring (bicyclic) bond motifs is 1. The molecule has 0 radical (unpaired) electrons. The molecule has 0 saturated heterocycles. The summed E-state index contributed by atoms with van der Waals surface area (Å²) in [6.07, 6.45) is -0.882. The molecule has 0 aromatic heterocycles. The van der Waals surface area contributed by atoms with E-state index < -0.39 is 18.1 Å². The number of hydrogen-bond acceptors (Lipinski definition) is 4. The van der Waals surface area contributed by atoms with Crippen molar-refractivity contribution in [1.82, 2.24) is 0 Å². The van der Waals surface area contributed by atoms with Crippen LogP contribution in [0.15, 0.2) is 66.7 Å². The molecule has 152 valence electrons. The highest BCUT2D eigenvalue weighted by atomic mass is 35.5. The molecule has 1 aliphatic heterocycles. The molecule has 3 aromatic rings. The molecule has 0 aliphatic carbocycles. The monoisotopic (exact) mass is 441 g/mol. The van der Waals surface area contributed by atoms with Gasteiger partial charge in [-0.05, 0) is 66.7 Å². The summed E-state index contributed by atoms with van der Waals surface area (Å²) in [6.45, 7) is 0. The van der Waals surface area contributed by atoms with Crippen LogP contribution in [0.5, 0.6) is 5.75 Å². The van der Waals surface area contributed by atoms with Crippen LogP contribution in [-0.2, 0) is 4.79 Å². The number of primary amides is 1. The first-order valence-electron chi connectivity index (χ1n) is 9.09. The van der Waals surface area contributed by atoms with Gasteiger partial charge in [-0.25, -0.2) is 0 Å². The topological polar surface area (TPSA) is 93.5 Å². The number of anilines is 2. The highest BCUT2D eigenvalue weighted by Gasteiger charge is 2.38. The van der Waals surface area contributed by atoms with Crippen molar-refractivity contribution < 1.29 is 14.3 Å². The van der Waals surface area contributed by atoms with E-state index in [-0.39, 0.29) is 5.91 Å². The highest BCUT2D eigenvalue weighted by Crippen LogP contribution is 2.37. The second kappa shape index (κ2) is 8.26. The summed E-state index contributed by atoms with van der Waals surface area (Å²) in [5, 5.41) is 7.28. The average molecular weight is 442 g/mol. The second-order valence-corrected chi connectivity index (χ2v) is 7.65. The smallest absolute Gasteiger partial charge is 0.268 e. The van der Waals surface area contributed by atoms with Crippen molar-refractivity contribution >= 4 is 46.4 Å². The third-order valence-corrected chi connectivity index (χ3v) is 5.22. The van der Waals surface area contributed by atoms with Crippen LogP contribution in [0.2, 0.25) is 10.0 Å². The fourth-order valence-electron chi connectivity index (χ4n) is 3.27. The molecule has 6 nitrogen and oxygen atoms in total. The Hall–Kier alpha value is -3.22. The number of nitrogens with two attached hydrogens (primary N) is 1. The predicted octanol–water partition coefficient (Wildman–Crippen LogP) is 4.65. The van der Waals surface area contributed by atoms with Crippen LogP contribution in [0.25, 0.3) is 0 Å². The standard InChI is InChI=1S/C22H17Cl2N3O3/c23-13-3-8-16(9-4-13)30-20-19(26-15-6-1-12(2-7-15)21(25)28)17-11-14(24)5-10-18(17)27-22(20)29/h1-11,19-20,26H,(H2,25,28)(H,27,29)/t19-,20+/m0/s1. The molecule has 2 amide bonds. The Morgan fingerprint density at radius 3 is 2.30 bits per heavy atom. The van der Waals surface area contributed by atoms with Crippen LogP contribution in [-0.4, -0.2) is 17.9 Å². The Bertz CT molecular complexity index is 1100. The van der Waals surface area contributed by atoms with Gasteiger partial charge in [-0.1, -0.05) is 23.2 Å². The lowest BCUT2D eigenvalue weighted by Crippen LogP contribution is -2.45. The molecule has 0 spiro atoms. The molecule has 1 aliphatic rings. The molecule has 0 fully saturated rings. The summed E-state index contributed by atoms with van der Waals surface area (Å²) >= 11 is 12.2. The molecule has 0 unspecified atom stereocenters. The minimum atomic E-state index is -0.882. The van der Waals surface area contributed by atoms with Gasteiger partial charge in [0.1, 0.15) is 5.75 Å². The van der Waals surface area contributed by atoms with Gasteiger partial charge in [-0.3, -0.25) is 9.59 Å². The van der Waals surface area contributed by atoms with Crippen LogP contribution >= 0.6 is 23.2 Å². The molecule has 1 heterocycles. The van der Waals surface area contributed by atoms with Crippen LogP contribution in [0.4, 0.5) is 11.4 Å². The van der Waals surface area contributed by atoms with E-state index in [4.69, 9.17) is 33.7 Å². The summed E-state index contributed by atoms with van der Waals surface area (Å²) in [4.78, 5) is 24.2. The van der Waals surface area contributed by atoms with E-state index in [0.717, 1.165) is 5.56 Å². The summed E-state index contributed by atoms with van der Waals surface area (Å²) in [6, 6.07) is 18.1. The number of halogens is 2. The zero-order valence-corrected chi connectivity index (χ0v) is 17.1. The van der Waals surface area contributed by atoms with Crippen molar-refractivity contribution in [2.45, 2.75) is 12.1 Å². The number of amides is 2. The number of carbonyl (C=O) groups excluding carboxylic acids is 2. The Morgan fingerprint density at radius 1 is 0.967 bits per heavy atom. The summed E-state index contributed by atoms with van der Waals surface area (Å²) in [7, 11) is 0. The van der Waals surface area contributed by atoms with E-state index >= 15 is 0 Å². The first-order chi connectivity index (χ1) is 14.4. The lowest BCUT2D eigenvalue weighted by molar-refractivity contribution is -0.123. The largest absolute Gasteiger partial charge is 0.478 e. The third-order valence-electron chi connectivity index (χ3n) is 4.74. The SMILES string of the molecule is NC(=O)c1ccc(N[C@H]2c3cc(Cl)ccc3NC(=O)[C@@H]2Oc2ccc(Cl)cc2)cc1. The fourth-order valence-corrected chi connectivity index (χ4v) is 3.57. The second-order valence-electron chi connectivity index (χ2n) is 6.78. The summed E-state index contributed by atoms with van der Waals surface area (Å²) < 4.78 is 6.02. The van der Waals surface area contributed by atoms with E-state index in [0.29, 0.717) is 32.7 Å². The number of hydrogen-bond donors (Lipinski definition) is 3. The molecule has 8 heteroatoms. The number of ether oxygens (including phenoxy) is 1. The molecule has 30 heavy (non-hydrogen) atoms. The summed E-state index contributed by atoms with van der Waals surface area (Å²) in [5.41, 5.74) is 7.81. The Labute approximate surface area is 182 Å². The number of carbonyl (C=O) groups is 2. The average Bonchev–Trinajstić information content (AvgIpc) is 2.73. The van der Waals surface area contributed by atoms with Gasteiger partial charge in [-0.2, -0.15) is 0 Å². The Balaban J connectivity index is 1.70. The molecule has 4 rings (SSSR count). The first-order valence-corrected chi connectivity index (χ1v) is 9.85. The first kappa shape index (κ1) is 20.1. The van der Waals surface area contributed by atoms with Crippen molar-refractivity contribution in [1.29, 1.82) is 0 Å². The normalized spacial score (nSPS) is 17.6. The Morgan fingerprint density at radius 2 is 1.63 bits per heavy atom. The fraction of sp³-hybridized carbons (Fsp3) is 0.0909. The predicted molar refractivity (Wildman–Crippen MR) is 117 cm³/mol. The lowest BCUT2D eigenvalue weighted by Gasteiger charge is -2.34. The highest BCUT2D eigenvalue weighted by molar-refractivity contribution is 6.31. The number of benzene rings is 3. The van der Waals surface area contributed by atoms with E-state index in [1.807, 2.05) is 0 Å². The van der Waals surface area contributed by atoms with Gasteiger partial charge in [0.05, 0.1) is 6.04 Å². The van der Waals surface area contributed by atoms with E-state index in [1.165, 1.54) is 0 Å². The third kappa shape index (κ3) is 4.20. The van der Waals surface area contributed by atoms with Crippen molar-refractivity contribution in [3.8, 4) is 5.75 Å². The molecule has 4 N–H and O–H groups in total. The maximum absolute atomic E-state index is 12.9. The van der Waals surface area contributed by atoms with E-state index in [1.54, 1.807) is 66.7 Å². The van der Waals surface area contributed by atoms with Crippen LogP contribution < -0.4 is 21.1 Å². The number of rotatable bonds is 5. The van der Waals surface area contributed by atoms with Gasteiger partial charge < -0.3 is 21.1 Å². The maximum atomic E-state index is 12.9. The minimum absolute atomic E-state index is 0.300. The Kier molecular flexibility index (Phi) is 5.53. The quantitative estimate of drug-likeness (QED) is 0.537. The molecular weight excluding hydrogens is 425 g/mol. The molecule has 0 saturated carbocycles. The van der Waals surface area contributed by atoms with Crippen LogP contribution in [0.3, 0.4) is 0 Å². The van der Waals surface area contributed by atoms with Crippen molar-refractivity contribution in [2.75, 3.05) is 10.6 Å². The maximum Gasteiger partial charge on any atom is 0.268 e. The van der Waals surface area contributed by atoms with Crippen LogP contribution in [0, 0.1) is 0 Å². The molecular formula is C22H17Cl2N3O3. The van der Waals surface area contributed by atoms with Gasteiger partial charge in [0, 0.05) is 32.5 Å². The van der Waals surface area contributed by atoms with Gasteiger partial charge in [0.25, 0.3) is 5.91 Å². The van der Waals surface area contributed by atoms with Gasteiger partial charge in [0.15, 0.2) is 0 Å². The lowest BCUT2D eigenvalue weighted by atomic mass is 9.94. The van der Waals surface area contributed by atoms with Gasteiger partial charge in [-0.15, -0.1) is 0 Å². The minimum Gasteiger partial charge on any atom is -0.478 e. The molecule has 0 bridgehead atoms. The van der Waals surface area contributed by atoms with Crippen molar-refractivity contribution in [3.05, 3.63) is 87.9 Å². The zero-order valence-electron chi connectivity index (χ0n) is 15.6. The van der Waals surface area contributed by atoms with Crippen molar-refractivity contribution in [2.24, 2.45) is 5.73 Å². The summed E-state index contributed by atoms with van der Waals surface area (Å²) in [5.74, 6) is -0.313. The van der Waals surface area contributed by atoms with Gasteiger partial charge >= 0.3 is 0 Å². The zero-order chi connectivity index (χ0) is 21.3. The van der Waals surface area contributed by atoms with E-state index in [9.17, 15) is 9.59 Å². The van der Waals surface area contributed by atoms with E-state index in [2.05, 4.69) is 10.6 Å². The molecule has 3 aromatic carbocycles. The van der Waals surface area contributed by atoms with Crippen molar-refractivity contribution in [3.63, 3.8) is 0 Å². The molecule has 2 atom stereocenters. The number of nitrogens with one attached hydrogen (secondary N) is 2. The van der Waals surface area contributed by atoms with Crippen LogP contribution in [0.1, 0.15) is 22.0 Å². The van der Waals surface area contributed by atoms with Gasteiger partial charge in [0.2, 0.25) is 12.0 Å².